The number of aryl methyl sites for hydroxylation is 2. The zero-order chi connectivity index (χ0) is 33.7. The molecule has 0 N–H and O–H groups in total. The van der Waals surface area contributed by atoms with Crippen LogP contribution in [-0.2, 0) is 38.8 Å². The molecule has 0 fully saturated rings. The number of ketones is 1. The molecule has 0 atom stereocenters. The molecular formula is C47H40N2O. The Labute approximate surface area is 294 Å². The van der Waals surface area contributed by atoms with E-state index in [1.807, 2.05) is 0 Å². The molecule has 3 heteroatoms. The summed E-state index contributed by atoms with van der Waals surface area (Å²) in [6.45, 7) is 1.41. The number of carbonyl (C=O) groups is 1. The van der Waals surface area contributed by atoms with Crippen molar-refractivity contribution in [2.75, 3.05) is 0 Å². The Hall–Kier alpha value is -5.93. The van der Waals surface area contributed by atoms with Gasteiger partial charge in [-0.05, 0) is 60.1 Å². The number of hydrogen-bond acceptors (Lipinski definition) is 1. The van der Waals surface area contributed by atoms with Crippen molar-refractivity contribution in [3.8, 4) is 0 Å². The Morgan fingerprint density at radius 3 is 1.06 bits per heavy atom. The Balaban J connectivity index is 1.33. The number of nitrogens with zero attached hydrogens (tertiary/aromatic N) is 2. The highest BCUT2D eigenvalue weighted by Gasteiger charge is 2.29. The van der Waals surface area contributed by atoms with Crippen LogP contribution in [0.1, 0.15) is 49.6 Å². The molecule has 6 aromatic carbocycles. The van der Waals surface area contributed by atoms with Crippen molar-refractivity contribution in [2.45, 2.75) is 38.8 Å². The molecule has 0 amide bonds. The van der Waals surface area contributed by atoms with Crippen molar-refractivity contribution in [2.24, 2.45) is 0 Å². The minimum Gasteiger partial charge on any atom is -0.339 e. The summed E-state index contributed by atoms with van der Waals surface area (Å²) in [6, 6.07) is 59.4. The maximum Gasteiger partial charge on any atom is 0.197 e. The molecule has 2 aromatic heterocycles. The molecule has 0 saturated heterocycles. The normalized spacial score (nSPS) is 11.4. The lowest BCUT2D eigenvalue weighted by atomic mass is 9.94. The Kier molecular flexibility index (Phi) is 8.95. The van der Waals surface area contributed by atoms with Gasteiger partial charge in [0, 0.05) is 46.3 Å². The van der Waals surface area contributed by atoms with Crippen LogP contribution in [0.3, 0.4) is 0 Å². The fraction of sp³-hybridized carbons (Fsp3) is 0.128. The summed E-state index contributed by atoms with van der Waals surface area (Å²) in [6.07, 6.45) is 3.22. The quantitative estimate of drug-likeness (QED) is 0.121. The van der Waals surface area contributed by atoms with E-state index in [1.54, 1.807) is 0 Å². The molecule has 8 aromatic rings. The standard InChI is InChI=1S/C47H40N2O/c50-47(45-39-25-13-15-27-41(39)48(33-37-21-9-3-10-22-37)43(45)31-29-35-17-5-1-6-18-35)46-40-26-14-16-28-42(40)49(34-38-23-11-4-12-24-38)44(46)32-30-36-19-7-2-8-20-36/h1-28H,29-34H2. The number of rotatable bonds is 12. The lowest BCUT2D eigenvalue weighted by Crippen LogP contribution is -2.14. The number of hydrogen-bond donors (Lipinski definition) is 0. The van der Waals surface area contributed by atoms with Crippen LogP contribution in [-0.4, -0.2) is 14.9 Å². The third-order valence-corrected chi connectivity index (χ3v) is 9.96. The monoisotopic (exact) mass is 648 g/mol. The van der Waals surface area contributed by atoms with Gasteiger partial charge in [0.25, 0.3) is 0 Å². The Morgan fingerprint density at radius 2 is 0.680 bits per heavy atom. The maximum absolute atomic E-state index is 15.6. The molecule has 0 aliphatic heterocycles. The molecule has 0 radical (unpaired) electrons. The number of benzene rings is 6. The first-order chi connectivity index (χ1) is 24.7. The van der Waals surface area contributed by atoms with Gasteiger partial charge >= 0.3 is 0 Å². The average molecular weight is 649 g/mol. The predicted molar refractivity (Wildman–Crippen MR) is 206 cm³/mol. The summed E-state index contributed by atoms with van der Waals surface area (Å²) in [5.74, 6) is 0.113. The van der Waals surface area contributed by atoms with Crippen molar-refractivity contribution >= 4 is 27.6 Å². The molecule has 0 bridgehead atoms. The van der Waals surface area contributed by atoms with Gasteiger partial charge in [0.05, 0.1) is 11.1 Å². The third-order valence-electron chi connectivity index (χ3n) is 9.96. The van der Waals surface area contributed by atoms with Crippen LogP contribution < -0.4 is 0 Å². The maximum atomic E-state index is 15.6. The fourth-order valence-corrected chi connectivity index (χ4v) is 7.57. The number of carbonyl (C=O) groups excluding carboxylic acids is 1. The second-order valence-electron chi connectivity index (χ2n) is 13.1. The number of fused-ring (bicyclic) bond motifs is 2. The highest BCUT2D eigenvalue weighted by molar-refractivity contribution is 6.23. The van der Waals surface area contributed by atoms with Crippen molar-refractivity contribution < 1.29 is 4.79 Å². The van der Waals surface area contributed by atoms with E-state index < -0.39 is 0 Å². The summed E-state index contributed by atoms with van der Waals surface area (Å²) in [5.41, 5.74) is 11.0. The van der Waals surface area contributed by atoms with E-state index in [-0.39, 0.29) is 5.78 Å². The van der Waals surface area contributed by atoms with Gasteiger partial charge in [0.2, 0.25) is 0 Å². The van der Waals surface area contributed by atoms with Crippen LogP contribution in [0.4, 0.5) is 0 Å². The number of para-hydroxylation sites is 2. The van der Waals surface area contributed by atoms with E-state index in [9.17, 15) is 0 Å². The minimum absolute atomic E-state index is 0.113. The predicted octanol–water partition coefficient (Wildman–Crippen LogP) is 10.5. The van der Waals surface area contributed by atoms with Gasteiger partial charge in [-0.2, -0.15) is 0 Å². The summed E-state index contributed by atoms with van der Waals surface area (Å²) >= 11 is 0. The van der Waals surface area contributed by atoms with Gasteiger partial charge < -0.3 is 9.13 Å². The summed E-state index contributed by atoms with van der Waals surface area (Å²) in [7, 11) is 0. The third kappa shape index (κ3) is 6.31. The molecule has 244 valence electrons. The lowest BCUT2D eigenvalue weighted by molar-refractivity contribution is 0.103. The first-order valence-corrected chi connectivity index (χ1v) is 17.6. The smallest absolute Gasteiger partial charge is 0.197 e. The van der Waals surface area contributed by atoms with Gasteiger partial charge in [-0.3, -0.25) is 4.79 Å². The van der Waals surface area contributed by atoms with Crippen molar-refractivity contribution in [1.82, 2.24) is 9.13 Å². The Bertz CT molecular complexity index is 2200. The largest absolute Gasteiger partial charge is 0.339 e. The van der Waals surface area contributed by atoms with Crippen LogP contribution in [0.15, 0.2) is 170 Å². The number of aromatic nitrogens is 2. The molecule has 8 rings (SSSR count). The fourth-order valence-electron chi connectivity index (χ4n) is 7.57. The first-order valence-electron chi connectivity index (χ1n) is 17.6. The SMILES string of the molecule is O=C(c1c(CCc2ccccc2)n(Cc2ccccc2)c2ccccc12)c1c(CCc2ccccc2)n(Cc2ccccc2)c2ccccc12. The second-order valence-corrected chi connectivity index (χ2v) is 13.1. The lowest BCUT2D eigenvalue weighted by Gasteiger charge is -2.15. The van der Waals surface area contributed by atoms with Crippen molar-refractivity contribution in [3.05, 3.63) is 215 Å². The summed E-state index contributed by atoms with van der Waals surface area (Å²) in [4.78, 5) is 15.6. The van der Waals surface area contributed by atoms with E-state index >= 15 is 4.79 Å². The van der Waals surface area contributed by atoms with Crippen molar-refractivity contribution in [1.29, 1.82) is 0 Å². The van der Waals surface area contributed by atoms with Gasteiger partial charge in [0.15, 0.2) is 5.78 Å². The van der Waals surface area contributed by atoms with Crippen LogP contribution >= 0.6 is 0 Å². The molecular weight excluding hydrogens is 609 g/mol. The highest BCUT2D eigenvalue weighted by atomic mass is 16.1. The van der Waals surface area contributed by atoms with Gasteiger partial charge in [-0.15, -0.1) is 0 Å². The second kappa shape index (κ2) is 14.3. The molecule has 0 saturated carbocycles. The van der Waals surface area contributed by atoms with E-state index in [4.69, 9.17) is 0 Å². The van der Waals surface area contributed by atoms with E-state index in [2.05, 4.69) is 179 Å². The average Bonchev–Trinajstić information content (AvgIpc) is 3.66. The van der Waals surface area contributed by atoms with Crippen LogP contribution in [0.2, 0.25) is 0 Å². The summed E-state index contributed by atoms with van der Waals surface area (Å²) in [5, 5.41) is 2.04. The molecule has 0 aliphatic carbocycles. The molecule has 3 nitrogen and oxygen atoms in total. The molecule has 2 heterocycles. The minimum atomic E-state index is 0.113. The zero-order valence-corrected chi connectivity index (χ0v) is 28.2. The Morgan fingerprint density at radius 1 is 0.360 bits per heavy atom. The van der Waals surface area contributed by atoms with Gasteiger partial charge in [-0.1, -0.05) is 158 Å². The van der Waals surface area contributed by atoms with E-state index in [0.29, 0.717) is 13.1 Å². The van der Waals surface area contributed by atoms with Crippen molar-refractivity contribution in [3.63, 3.8) is 0 Å². The van der Waals surface area contributed by atoms with Gasteiger partial charge in [0.1, 0.15) is 0 Å². The highest BCUT2D eigenvalue weighted by Crippen LogP contribution is 2.36. The van der Waals surface area contributed by atoms with E-state index in [0.717, 1.165) is 70.0 Å². The van der Waals surface area contributed by atoms with Crippen LogP contribution in [0.25, 0.3) is 21.8 Å². The molecule has 0 spiro atoms. The molecule has 0 aliphatic rings. The van der Waals surface area contributed by atoms with Crippen LogP contribution in [0, 0.1) is 0 Å². The topological polar surface area (TPSA) is 26.9 Å². The van der Waals surface area contributed by atoms with E-state index in [1.165, 1.54) is 22.3 Å². The summed E-state index contributed by atoms with van der Waals surface area (Å²) < 4.78 is 4.79. The van der Waals surface area contributed by atoms with Crippen LogP contribution in [0.5, 0.6) is 0 Å². The first kappa shape index (κ1) is 31.3. The molecule has 0 unspecified atom stereocenters. The molecule has 50 heavy (non-hydrogen) atoms. The zero-order valence-electron chi connectivity index (χ0n) is 28.2. The van der Waals surface area contributed by atoms with Gasteiger partial charge in [-0.25, -0.2) is 0 Å².